The molecule has 1 saturated heterocycles. The Hall–Kier alpha value is -1.55. The molecule has 2 aliphatic rings. The number of amides is 1. The van der Waals surface area contributed by atoms with Crippen LogP contribution in [0.3, 0.4) is 0 Å². The van der Waals surface area contributed by atoms with Crippen molar-refractivity contribution in [3.63, 3.8) is 0 Å². The zero-order valence-corrected chi connectivity index (χ0v) is 16.8. The van der Waals surface area contributed by atoms with Gasteiger partial charge in [-0.25, -0.2) is 0 Å². The highest BCUT2D eigenvalue weighted by atomic mass is 16.1. The van der Waals surface area contributed by atoms with E-state index in [0.717, 1.165) is 52.0 Å². The van der Waals surface area contributed by atoms with Gasteiger partial charge in [-0.05, 0) is 77.6 Å². The summed E-state index contributed by atoms with van der Waals surface area (Å²) in [6.07, 6.45) is 5.42. The molecule has 1 amide bonds. The van der Waals surface area contributed by atoms with E-state index in [-0.39, 0.29) is 17.4 Å². The number of fused-ring (bicyclic) bond motifs is 1. The summed E-state index contributed by atoms with van der Waals surface area (Å²) in [5.74, 6) is 0.460. The number of carbonyl (C=O) groups is 1. The first-order valence-electron chi connectivity index (χ1n) is 10.3. The third kappa shape index (κ3) is 4.79. The zero-order valence-electron chi connectivity index (χ0n) is 16.8. The van der Waals surface area contributed by atoms with Gasteiger partial charge in [-0.1, -0.05) is 18.2 Å². The third-order valence-electron chi connectivity index (χ3n) is 5.92. The van der Waals surface area contributed by atoms with Crippen molar-refractivity contribution in [1.82, 2.24) is 10.2 Å². The first-order chi connectivity index (χ1) is 12.4. The molecule has 0 spiro atoms. The van der Waals surface area contributed by atoms with Crippen molar-refractivity contribution in [2.75, 3.05) is 37.6 Å². The average molecular weight is 358 g/mol. The van der Waals surface area contributed by atoms with Crippen molar-refractivity contribution in [3.8, 4) is 0 Å². The van der Waals surface area contributed by atoms with E-state index in [1.807, 2.05) is 0 Å². The fourth-order valence-electron chi connectivity index (χ4n) is 4.28. The second-order valence-electron chi connectivity index (χ2n) is 8.80. The van der Waals surface area contributed by atoms with E-state index in [4.69, 9.17) is 0 Å². The van der Waals surface area contributed by atoms with Crippen LogP contribution < -0.4 is 10.2 Å². The Bertz CT molecular complexity index is 600. The molecule has 1 N–H and O–H groups in total. The molecule has 4 nitrogen and oxygen atoms in total. The van der Waals surface area contributed by atoms with Gasteiger partial charge in [0.15, 0.2) is 0 Å². The van der Waals surface area contributed by atoms with E-state index in [0.29, 0.717) is 0 Å². The minimum Gasteiger partial charge on any atom is -0.371 e. The molecule has 3 rings (SSSR count). The summed E-state index contributed by atoms with van der Waals surface area (Å²) in [7, 11) is 0. The Kier molecular flexibility index (Phi) is 6.23. The minimum absolute atomic E-state index is 0.198. The summed E-state index contributed by atoms with van der Waals surface area (Å²) in [6, 6.07) is 8.74. The normalized spacial score (nSPS) is 19.3. The molecule has 1 aromatic rings. The van der Waals surface area contributed by atoms with Gasteiger partial charge in [0.25, 0.3) is 0 Å². The minimum atomic E-state index is 0.198. The number of aryl methyl sites for hydroxylation is 1. The zero-order chi connectivity index (χ0) is 18.6. The molecule has 0 aromatic heterocycles. The highest BCUT2D eigenvalue weighted by molar-refractivity contribution is 5.78. The lowest BCUT2D eigenvalue weighted by Crippen LogP contribution is -2.48. The third-order valence-corrected chi connectivity index (χ3v) is 5.92. The topological polar surface area (TPSA) is 35.6 Å². The van der Waals surface area contributed by atoms with Gasteiger partial charge in [0.2, 0.25) is 5.91 Å². The Balaban J connectivity index is 1.38. The molecule has 26 heavy (non-hydrogen) atoms. The SMILES string of the molecule is CC(C)(C)N1CCC(C(=O)NCCCN2CCCc3ccccc32)CC1. The molecule has 0 atom stereocenters. The molecule has 0 saturated carbocycles. The monoisotopic (exact) mass is 357 g/mol. The lowest BCUT2D eigenvalue weighted by atomic mass is 9.92. The van der Waals surface area contributed by atoms with Crippen LogP contribution in [-0.2, 0) is 11.2 Å². The molecule has 2 heterocycles. The van der Waals surface area contributed by atoms with Crippen LogP contribution in [0, 0.1) is 5.92 Å². The number of likely N-dealkylation sites (tertiary alicyclic amines) is 1. The molecule has 4 heteroatoms. The number of piperidine rings is 1. The summed E-state index contributed by atoms with van der Waals surface area (Å²) in [5.41, 5.74) is 3.07. The number of rotatable bonds is 5. The summed E-state index contributed by atoms with van der Waals surface area (Å²) >= 11 is 0. The van der Waals surface area contributed by atoms with E-state index in [9.17, 15) is 4.79 Å². The molecule has 0 bridgehead atoms. The number of hydrogen-bond acceptors (Lipinski definition) is 3. The van der Waals surface area contributed by atoms with Gasteiger partial charge < -0.3 is 10.2 Å². The highest BCUT2D eigenvalue weighted by Crippen LogP contribution is 2.26. The summed E-state index contributed by atoms with van der Waals surface area (Å²) in [5, 5.41) is 3.19. The fourth-order valence-corrected chi connectivity index (χ4v) is 4.28. The summed E-state index contributed by atoms with van der Waals surface area (Å²) in [4.78, 5) is 17.4. The molecular weight excluding hydrogens is 322 g/mol. The predicted molar refractivity (Wildman–Crippen MR) is 109 cm³/mol. The molecular formula is C22H35N3O. The standard InChI is InChI=1S/C22H35N3O/c1-22(2,3)25-16-11-19(12-17-25)21(26)23-13-7-15-24-14-6-9-18-8-4-5-10-20(18)24/h4-5,8,10,19H,6-7,9,11-17H2,1-3H3,(H,23,26). The molecule has 1 fully saturated rings. The van der Waals surface area contributed by atoms with Crippen molar-refractivity contribution in [2.45, 2.75) is 58.4 Å². The van der Waals surface area contributed by atoms with Crippen LogP contribution in [0.5, 0.6) is 0 Å². The first kappa shape index (κ1) is 19.2. The van der Waals surface area contributed by atoms with Crippen LogP contribution in [0.1, 0.15) is 52.0 Å². The van der Waals surface area contributed by atoms with E-state index in [1.54, 1.807) is 0 Å². The maximum atomic E-state index is 12.5. The van der Waals surface area contributed by atoms with Gasteiger partial charge in [-0.3, -0.25) is 9.69 Å². The van der Waals surface area contributed by atoms with Crippen LogP contribution in [-0.4, -0.2) is 49.1 Å². The Labute approximate surface area is 158 Å². The highest BCUT2D eigenvalue weighted by Gasteiger charge is 2.29. The average Bonchev–Trinajstić information content (AvgIpc) is 2.64. The van der Waals surface area contributed by atoms with Gasteiger partial charge in [0, 0.05) is 36.8 Å². The van der Waals surface area contributed by atoms with Gasteiger partial charge in [0.1, 0.15) is 0 Å². The van der Waals surface area contributed by atoms with Crippen LogP contribution in [0.2, 0.25) is 0 Å². The van der Waals surface area contributed by atoms with E-state index < -0.39 is 0 Å². The number of nitrogens with one attached hydrogen (secondary N) is 1. The number of benzene rings is 1. The number of hydrogen-bond donors (Lipinski definition) is 1. The van der Waals surface area contributed by atoms with Crippen LogP contribution in [0.15, 0.2) is 24.3 Å². The number of anilines is 1. The molecule has 2 aliphatic heterocycles. The molecule has 1 aromatic carbocycles. The maximum Gasteiger partial charge on any atom is 0.223 e. The van der Waals surface area contributed by atoms with Crippen molar-refractivity contribution in [1.29, 1.82) is 0 Å². The van der Waals surface area contributed by atoms with Crippen molar-refractivity contribution in [2.24, 2.45) is 5.92 Å². The van der Waals surface area contributed by atoms with Gasteiger partial charge in [-0.2, -0.15) is 0 Å². The largest absolute Gasteiger partial charge is 0.371 e. The number of carbonyl (C=O) groups excluding carboxylic acids is 1. The number of nitrogens with zero attached hydrogens (tertiary/aromatic N) is 2. The van der Waals surface area contributed by atoms with Crippen molar-refractivity contribution in [3.05, 3.63) is 29.8 Å². The predicted octanol–water partition coefficient (Wildman–Crippen LogP) is 3.46. The lowest BCUT2D eigenvalue weighted by molar-refractivity contribution is -0.126. The van der Waals surface area contributed by atoms with Crippen molar-refractivity contribution < 1.29 is 4.79 Å². The lowest BCUT2D eigenvalue weighted by Gasteiger charge is -2.40. The van der Waals surface area contributed by atoms with E-state index >= 15 is 0 Å². The second kappa shape index (κ2) is 8.43. The van der Waals surface area contributed by atoms with E-state index in [2.05, 4.69) is 60.2 Å². The fraction of sp³-hybridized carbons (Fsp3) is 0.682. The van der Waals surface area contributed by atoms with Crippen LogP contribution >= 0.6 is 0 Å². The molecule has 144 valence electrons. The molecule has 0 radical (unpaired) electrons. The van der Waals surface area contributed by atoms with Gasteiger partial charge in [-0.15, -0.1) is 0 Å². The van der Waals surface area contributed by atoms with Crippen molar-refractivity contribution >= 4 is 11.6 Å². The maximum absolute atomic E-state index is 12.5. The van der Waals surface area contributed by atoms with Gasteiger partial charge in [0.05, 0.1) is 0 Å². The smallest absolute Gasteiger partial charge is 0.223 e. The first-order valence-corrected chi connectivity index (χ1v) is 10.3. The second-order valence-corrected chi connectivity index (χ2v) is 8.80. The summed E-state index contributed by atoms with van der Waals surface area (Å²) in [6.45, 7) is 11.8. The Morgan fingerprint density at radius 1 is 1.15 bits per heavy atom. The Morgan fingerprint density at radius 2 is 1.88 bits per heavy atom. The molecule has 0 unspecified atom stereocenters. The van der Waals surface area contributed by atoms with Crippen LogP contribution in [0.4, 0.5) is 5.69 Å². The number of para-hydroxylation sites is 1. The summed E-state index contributed by atoms with van der Waals surface area (Å²) < 4.78 is 0. The quantitative estimate of drug-likeness (QED) is 0.820. The van der Waals surface area contributed by atoms with E-state index in [1.165, 1.54) is 24.1 Å². The molecule has 0 aliphatic carbocycles. The van der Waals surface area contributed by atoms with Crippen LogP contribution in [0.25, 0.3) is 0 Å². The Morgan fingerprint density at radius 3 is 2.62 bits per heavy atom. The van der Waals surface area contributed by atoms with Gasteiger partial charge >= 0.3 is 0 Å².